The van der Waals surface area contributed by atoms with Crippen molar-refractivity contribution in [2.75, 3.05) is 20.8 Å². The maximum absolute atomic E-state index is 13.7. The van der Waals surface area contributed by atoms with Crippen LogP contribution in [0.4, 0.5) is 0 Å². The molecule has 7 nitrogen and oxygen atoms in total. The smallest absolute Gasteiger partial charge is 0.243 e. The van der Waals surface area contributed by atoms with Crippen LogP contribution in [0.3, 0.4) is 0 Å². The molecule has 184 valence electrons. The molecule has 0 saturated carbocycles. The van der Waals surface area contributed by atoms with Gasteiger partial charge in [0, 0.05) is 19.3 Å². The van der Waals surface area contributed by atoms with E-state index >= 15 is 0 Å². The lowest BCUT2D eigenvalue weighted by atomic mass is 10.0. The van der Waals surface area contributed by atoms with Gasteiger partial charge in [-0.15, -0.1) is 0 Å². The van der Waals surface area contributed by atoms with E-state index in [-0.39, 0.29) is 6.54 Å². The van der Waals surface area contributed by atoms with Crippen molar-refractivity contribution in [3.63, 3.8) is 0 Å². The van der Waals surface area contributed by atoms with Crippen molar-refractivity contribution in [2.45, 2.75) is 51.6 Å². The molecule has 34 heavy (non-hydrogen) atoms. The van der Waals surface area contributed by atoms with Crippen LogP contribution in [0.15, 0.2) is 59.6 Å². The Hall–Kier alpha value is -2.84. The van der Waals surface area contributed by atoms with Gasteiger partial charge in [-0.3, -0.25) is 4.68 Å². The van der Waals surface area contributed by atoms with E-state index in [1.165, 1.54) is 4.31 Å². The van der Waals surface area contributed by atoms with E-state index < -0.39 is 10.0 Å². The van der Waals surface area contributed by atoms with Crippen molar-refractivity contribution in [3.05, 3.63) is 71.5 Å². The zero-order valence-corrected chi connectivity index (χ0v) is 21.5. The summed E-state index contributed by atoms with van der Waals surface area (Å²) in [5, 5.41) is 4.31. The summed E-state index contributed by atoms with van der Waals surface area (Å²) >= 11 is 0. The van der Waals surface area contributed by atoms with E-state index in [1.807, 2.05) is 48.0 Å². The maximum atomic E-state index is 13.7. The predicted molar refractivity (Wildman–Crippen MR) is 134 cm³/mol. The molecule has 1 heterocycles. The van der Waals surface area contributed by atoms with Crippen molar-refractivity contribution in [1.82, 2.24) is 14.1 Å². The van der Waals surface area contributed by atoms with E-state index in [9.17, 15) is 8.42 Å². The highest BCUT2D eigenvalue weighted by molar-refractivity contribution is 7.89. The van der Waals surface area contributed by atoms with E-state index in [2.05, 4.69) is 18.9 Å². The lowest BCUT2D eigenvalue weighted by molar-refractivity contribution is 0.354. The van der Waals surface area contributed by atoms with Crippen molar-refractivity contribution >= 4 is 10.0 Å². The fourth-order valence-corrected chi connectivity index (χ4v) is 5.36. The molecular formula is C26H35N3O4S. The van der Waals surface area contributed by atoms with Gasteiger partial charge in [0.05, 0.1) is 31.4 Å². The van der Waals surface area contributed by atoms with Crippen LogP contribution in [-0.4, -0.2) is 43.3 Å². The largest absolute Gasteiger partial charge is 0.493 e. The molecule has 0 aliphatic heterocycles. The highest BCUT2D eigenvalue weighted by Gasteiger charge is 2.26. The summed E-state index contributed by atoms with van der Waals surface area (Å²) in [6.45, 7) is 7.54. The van der Waals surface area contributed by atoms with Gasteiger partial charge in [-0.2, -0.15) is 9.40 Å². The summed E-state index contributed by atoms with van der Waals surface area (Å²) in [5.74, 6) is 1.78. The number of aryl methyl sites for hydroxylation is 1. The van der Waals surface area contributed by atoms with Gasteiger partial charge in [-0.1, -0.05) is 32.0 Å². The third-order valence-corrected chi connectivity index (χ3v) is 7.60. The Balaban J connectivity index is 1.88. The van der Waals surface area contributed by atoms with Gasteiger partial charge in [0.2, 0.25) is 10.0 Å². The second-order valence-corrected chi connectivity index (χ2v) is 10.6. The summed E-state index contributed by atoms with van der Waals surface area (Å²) in [4.78, 5) is 0.301. The summed E-state index contributed by atoms with van der Waals surface area (Å²) < 4.78 is 41.5. The molecule has 1 aromatic heterocycles. The van der Waals surface area contributed by atoms with Gasteiger partial charge in [0.15, 0.2) is 11.5 Å². The molecule has 0 bridgehead atoms. The summed E-state index contributed by atoms with van der Waals surface area (Å²) in [6, 6.07) is 14.8. The van der Waals surface area contributed by atoms with E-state index in [0.29, 0.717) is 41.8 Å². The van der Waals surface area contributed by atoms with Gasteiger partial charge >= 0.3 is 0 Å². The molecule has 0 saturated heterocycles. The maximum Gasteiger partial charge on any atom is 0.243 e. The normalized spacial score (nSPS) is 11.9. The Morgan fingerprint density at radius 2 is 1.65 bits per heavy atom. The minimum Gasteiger partial charge on any atom is -0.493 e. The Bertz CT molecular complexity index is 1170. The standard InChI is InChI=1S/C26H35N3O4S/c1-6-29-23(13-15-27-29)19-28(16-14-22-9-12-25(32-4)26(18-22)33-5)34(30,31)24-10-7-21(8-11-24)17-20(2)3/h7-13,15,18,20H,6,14,16-17,19H2,1-5H3. The average Bonchev–Trinajstić information content (AvgIpc) is 3.28. The SMILES string of the molecule is CCn1nccc1CN(CCc1ccc(OC)c(OC)c1)S(=O)(=O)c1ccc(CC(C)C)cc1. The second kappa shape index (κ2) is 11.5. The quantitative estimate of drug-likeness (QED) is 0.376. The lowest BCUT2D eigenvalue weighted by Crippen LogP contribution is -2.33. The molecule has 0 fully saturated rings. The number of hydrogen-bond acceptors (Lipinski definition) is 5. The molecule has 3 aromatic rings. The minimum atomic E-state index is -3.71. The fourth-order valence-electron chi connectivity index (χ4n) is 3.95. The third-order valence-electron chi connectivity index (χ3n) is 5.75. The number of ether oxygens (including phenoxy) is 2. The van der Waals surface area contributed by atoms with E-state index in [0.717, 1.165) is 23.2 Å². The molecule has 0 amide bonds. The van der Waals surface area contributed by atoms with Gasteiger partial charge in [-0.05, 0) is 67.1 Å². The molecule has 0 N–H and O–H groups in total. The van der Waals surface area contributed by atoms with Crippen molar-refractivity contribution in [2.24, 2.45) is 5.92 Å². The van der Waals surface area contributed by atoms with Gasteiger partial charge in [0.1, 0.15) is 0 Å². The predicted octanol–water partition coefficient (Wildman–Crippen LogP) is 4.55. The fraction of sp³-hybridized carbons (Fsp3) is 0.423. The molecule has 3 rings (SSSR count). The van der Waals surface area contributed by atoms with Crippen LogP contribution >= 0.6 is 0 Å². The summed E-state index contributed by atoms with van der Waals surface area (Å²) in [7, 11) is -0.527. The first kappa shape index (κ1) is 25.8. The second-order valence-electron chi connectivity index (χ2n) is 8.66. The Kier molecular flexibility index (Phi) is 8.74. The van der Waals surface area contributed by atoms with E-state index in [4.69, 9.17) is 9.47 Å². The first-order chi connectivity index (χ1) is 16.3. The van der Waals surface area contributed by atoms with Crippen LogP contribution in [-0.2, 0) is 36.0 Å². The van der Waals surface area contributed by atoms with Crippen molar-refractivity contribution in [1.29, 1.82) is 0 Å². The molecular weight excluding hydrogens is 450 g/mol. The highest BCUT2D eigenvalue weighted by Crippen LogP contribution is 2.28. The number of aromatic nitrogens is 2. The number of sulfonamides is 1. The summed E-state index contributed by atoms with van der Waals surface area (Å²) in [5.41, 5.74) is 2.96. The number of nitrogens with zero attached hydrogens (tertiary/aromatic N) is 3. The first-order valence-electron chi connectivity index (χ1n) is 11.6. The summed E-state index contributed by atoms with van der Waals surface area (Å²) in [6.07, 6.45) is 3.16. The third kappa shape index (κ3) is 6.18. The zero-order valence-electron chi connectivity index (χ0n) is 20.7. The molecule has 0 unspecified atom stereocenters. The van der Waals surface area contributed by atoms with Crippen LogP contribution in [0, 0.1) is 5.92 Å². The van der Waals surface area contributed by atoms with Crippen LogP contribution in [0.25, 0.3) is 0 Å². The first-order valence-corrected chi connectivity index (χ1v) is 13.0. The number of benzene rings is 2. The van der Waals surface area contributed by atoms with Crippen LogP contribution in [0.1, 0.15) is 37.6 Å². The Morgan fingerprint density at radius 1 is 0.971 bits per heavy atom. The molecule has 2 aromatic carbocycles. The van der Waals surface area contributed by atoms with Crippen LogP contribution in [0.2, 0.25) is 0 Å². The average molecular weight is 486 g/mol. The lowest BCUT2D eigenvalue weighted by Gasteiger charge is -2.23. The Labute approximate surface area is 203 Å². The van der Waals surface area contributed by atoms with Crippen LogP contribution < -0.4 is 9.47 Å². The van der Waals surface area contributed by atoms with Crippen molar-refractivity contribution in [3.8, 4) is 11.5 Å². The number of rotatable bonds is 12. The Morgan fingerprint density at radius 3 is 2.26 bits per heavy atom. The monoisotopic (exact) mass is 485 g/mol. The van der Waals surface area contributed by atoms with Gasteiger partial charge in [0.25, 0.3) is 0 Å². The van der Waals surface area contributed by atoms with Crippen LogP contribution in [0.5, 0.6) is 11.5 Å². The number of methoxy groups -OCH3 is 2. The van der Waals surface area contributed by atoms with Gasteiger partial charge < -0.3 is 9.47 Å². The zero-order chi connectivity index (χ0) is 24.7. The molecule has 0 spiro atoms. The molecule has 0 atom stereocenters. The minimum absolute atomic E-state index is 0.247. The number of hydrogen-bond donors (Lipinski definition) is 0. The van der Waals surface area contributed by atoms with Gasteiger partial charge in [-0.25, -0.2) is 8.42 Å². The molecule has 0 radical (unpaired) electrons. The highest BCUT2D eigenvalue weighted by atomic mass is 32.2. The molecule has 0 aliphatic rings. The molecule has 0 aliphatic carbocycles. The molecule has 8 heteroatoms. The van der Waals surface area contributed by atoms with Crippen molar-refractivity contribution < 1.29 is 17.9 Å². The topological polar surface area (TPSA) is 73.7 Å². The van der Waals surface area contributed by atoms with E-state index in [1.54, 1.807) is 32.5 Å².